The lowest BCUT2D eigenvalue weighted by Crippen LogP contribution is -2.42. The Kier molecular flexibility index (Phi) is 8.59. The van der Waals surface area contributed by atoms with Gasteiger partial charge in [0, 0.05) is 12.6 Å². The van der Waals surface area contributed by atoms with Crippen LogP contribution in [0.5, 0.6) is 0 Å². The first-order valence-corrected chi connectivity index (χ1v) is 12.2. The molecule has 5 heteroatoms. The lowest BCUT2D eigenvalue weighted by molar-refractivity contribution is -0.139. The Morgan fingerprint density at radius 2 is 1.64 bits per heavy atom. The van der Waals surface area contributed by atoms with Gasteiger partial charge in [-0.25, -0.2) is 0 Å². The Labute approximate surface area is 196 Å². The topological polar surface area (TPSA) is 27.0 Å². The van der Waals surface area contributed by atoms with Gasteiger partial charge in [-0.05, 0) is 75.1 Å². The van der Waals surface area contributed by atoms with Crippen molar-refractivity contribution in [3.63, 3.8) is 0 Å². The van der Waals surface area contributed by atoms with E-state index >= 15 is 0 Å². The average molecular weight is 457 g/mol. The maximum Gasteiger partial charge on any atom is 0.416 e. The molecular formula is C28H35F3N2. The van der Waals surface area contributed by atoms with E-state index in [1.807, 2.05) is 18.2 Å². The fourth-order valence-electron chi connectivity index (χ4n) is 5.16. The average Bonchev–Trinajstić information content (AvgIpc) is 2.78. The van der Waals surface area contributed by atoms with Crippen molar-refractivity contribution >= 4 is 0 Å². The molecule has 3 rings (SSSR count). The van der Waals surface area contributed by atoms with Crippen LogP contribution in [0.25, 0.3) is 0 Å². The summed E-state index contributed by atoms with van der Waals surface area (Å²) in [4.78, 5) is 2.42. The van der Waals surface area contributed by atoms with Crippen molar-refractivity contribution in [3.05, 3.63) is 71.3 Å². The number of rotatable bonds is 11. The molecule has 178 valence electrons. The molecule has 0 N–H and O–H groups in total. The number of halogens is 3. The van der Waals surface area contributed by atoms with E-state index in [2.05, 4.69) is 36.9 Å². The van der Waals surface area contributed by atoms with Crippen molar-refractivity contribution in [1.82, 2.24) is 4.90 Å². The summed E-state index contributed by atoms with van der Waals surface area (Å²) in [5, 5.41) is 10.3. The van der Waals surface area contributed by atoms with Crippen molar-refractivity contribution in [3.8, 4) is 6.07 Å². The molecular weight excluding hydrogens is 421 g/mol. The first kappa shape index (κ1) is 25.3. The maximum atomic E-state index is 13.9. The van der Waals surface area contributed by atoms with Crippen molar-refractivity contribution in [1.29, 1.82) is 5.26 Å². The molecule has 0 saturated heterocycles. The molecule has 2 aromatic rings. The van der Waals surface area contributed by atoms with E-state index in [9.17, 15) is 18.4 Å². The van der Waals surface area contributed by atoms with Crippen LogP contribution < -0.4 is 0 Å². The minimum absolute atomic E-state index is 0.0119. The third-order valence-corrected chi connectivity index (χ3v) is 7.34. The zero-order valence-corrected chi connectivity index (χ0v) is 19.7. The fraction of sp³-hybridized carbons (Fsp3) is 0.536. The van der Waals surface area contributed by atoms with Crippen LogP contribution >= 0.6 is 0 Å². The molecule has 0 spiro atoms. The smallest absolute Gasteiger partial charge is 0.300 e. The molecule has 0 bridgehead atoms. The van der Waals surface area contributed by atoms with Gasteiger partial charge in [-0.2, -0.15) is 18.4 Å². The quantitative estimate of drug-likeness (QED) is 0.352. The van der Waals surface area contributed by atoms with Gasteiger partial charge in [-0.1, -0.05) is 61.9 Å². The molecule has 1 aliphatic carbocycles. The summed E-state index contributed by atoms with van der Waals surface area (Å²) in [6.45, 7) is 6.15. The molecule has 0 aromatic heterocycles. The highest BCUT2D eigenvalue weighted by atomic mass is 19.4. The number of nitriles is 1. The molecule has 1 saturated carbocycles. The monoisotopic (exact) mass is 456 g/mol. The minimum Gasteiger partial charge on any atom is -0.300 e. The second kappa shape index (κ2) is 11.2. The highest BCUT2D eigenvalue weighted by Crippen LogP contribution is 2.50. The van der Waals surface area contributed by atoms with Crippen LogP contribution in [0.4, 0.5) is 13.2 Å². The van der Waals surface area contributed by atoms with Crippen molar-refractivity contribution in [2.24, 2.45) is 5.92 Å². The van der Waals surface area contributed by atoms with Gasteiger partial charge in [0.25, 0.3) is 0 Å². The first-order valence-electron chi connectivity index (χ1n) is 12.2. The second-order valence-corrected chi connectivity index (χ2v) is 9.41. The van der Waals surface area contributed by atoms with Crippen molar-refractivity contribution in [2.45, 2.75) is 76.4 Å². The Morgan fingerprint density at radius 1 is 1.00 bits per heavy atom. The highest BCUT2D eigenvalue weighted by molar-refractivity contribution is 5.42. The third-order valence-electron chi connectivity index (χ3n) is 7.34. The van der Waals surface area contributed by atoms with Gasteiger partial charge in [0.05, 0.1) is 17.0 Å². The van der Waals surface area contributed by atoms with Crippen LogP contribution in [0.3, 0.4) is 0 Å². The summed E-state index contributed by atoms with van der Waals surface area (Å²) in [7, 11) is 0. The normalized spacial score (nSPS) is 17.2. The number of nitrogens with zero attached hydrogens (tertiary/aromatic N) is 2. The largest absolute Gasteiger partial charge is 0.416 e. The molecule has 2 unspecified atom stereocenters. The van der Waals surface area contributed by atoms with Gasteiger partial charge in [0.2, 0.25) is 0 Å². The zero-order chi connectivity index (χ0) is 23.9. The molecule has 2 aromatic carbocycles. The fourth-order valence-corrected chi connectivity index (χ4v) is 5.16. The van der Waals surface area contributed by atoms with E-state index in [1.54, 1.807) is 6.07 Å². The number of alkyl halides is 3. The van der Waals surface area contributed by atoms with Gasteiger partial charge >= 0.3 is 6.18 Å². The van der Waals surface area contributed by atoms with E-state index in [-0.39, 0.29) is 17.5 Å². The number of hydrogen-bond acceptors (Lipinski definition) is 2. The van der Waals surface area contributed by atoms with E-state index < -0.39 is 17.2 Å². The number of hydrogen-bond donors (Lipinski definition) is 0. The maximum absolute atomic E-state index is 13.9. The predicted molar refractivity (Wildman–Crippen MR) is 127 cm³/mol. The first-order chi connectivity index (χ1) is 15.8. The standard InChI is InChI=1S/C28H35F3N2/c1-3-19-33(20-17-23-10-5-4-6-11-23)22(2)16-18-27(21-32,24-12-9-13-24)25-14-7-8-15-26(25)28(29,30)31/h4-8,10-11,14-15,22,24H,3,9,12-13,16-20H2,1-2H3. The molecule has 2 atom stereocenters. The molecule has 1 aliphatic rings. The predicted octanol–water partition coefficient (Wildman–Crippen LogP) is 7.39. The van der Waals surface area contributed by atoms with Gasteiger partial charge in [-0.15, -0.1) is 0 Å². The molecule has 33 heavy (non-hydrogen) atoms. The van der Waals surface area contributed by atoms with Crippen LogP contribution in [0.15, 0.2) is 54.6 Å². The van der Waals surface area contributed by atoms with Crippen molar-refractivity contribution in [2.75, 3.05) is 13.1 Å². The molecule has 0 radical (unpaired) electrons. The van der Waals surface area contributed by atoms with Gasteiger partial charge < -0.3 is 4.90 Å². The van der Waals surface area contributed by atoms with E-state index in [0.717, 1.165) is 51.3 Å². The Morgan fingerprint density at radius 3 is 2.18 bits per heavy atom. The van der Waals surface area contributed by atoms with Crippen LogP contribution in [-0.2, 0) is 18.0 Å². The number of benzene rings is 2. The van der Waals surface area contributed by atoms with Crippen LogP contribution in [0, 0.1) is 17.2 Å². The SMILES string of the molecule is CCCN(CCc1ccccc1)C(C)CCC(C#N)(c1ccccc1C(F)(F)F)C1CCC1. The summed E-state index contributed by atoms with van der Waals surface area (Å²) in [5.41, 5.74) is -0.287. The van der Waals surface area contributed by atoms with Crippen LogP contribution in [-0.4, -0.2) is 24.0 Å². The van der Waals surface area contributed by atoms with Crippen LogP contribution in [0.2, 0.25) is 0 Å². The van der Waals surface area contributed by atoms with E-state index in [4.69, 9.17) is 0 Å². The van der Waals surface area contributed by atoms with Crippen molar-refractivity contribution < 1.29 is 13.2 Å². The highest BCUT2D eigenvalue weighted by Gasteiger charge is 2.48. The Hall–Kier alpha value is -2.32. The van der Waals surface area contributed by atoms with Gasteiger partial charge in [-0.3, -0.25) is 0 Å². The Balaban J connectivity index is 1.80. The molecule has 0 amide bonds. The van der Waals surface area contributed by atoms with E-state index in [1.165, 1.54) is 17.7 Å². The summed E-state index contributed by atoms with van der Waals surface area (Å²) >= 11 is 0. The molecule has 0 aliphatic heterocycles. The second-order valence-electron chi connectivity index (χ2n) is 9.41. The molecule has 1 fully saturated rings. The lowest BCUT2D eigenvalue weighted by Gasteiger charge is -2.43. The lowest BCUT2D eigenvalue weighted by atomic mass is 9.59. The molecule has 2 nitrogen and oxygen atoms in total. The summed E-state index contributed by atoms with van der Waals surface area (Å²) in [6.07, 6.45) is 1.27. The summed E-state index contributed by atoms with van der Waals surface area (Å²) < 4.78 is 41.6. The van der Waals surface area contributed by atoms with Gasteiger partial charge in [0.15, 0.2) is 0 Å². The van der Waals surface area contributed by atoms with Gasteiger partial charge in [0.1, 0.15) is 0 Å². The molecule has 0 heterocycles. The summed E-state index contributed by atoms with van der Waals surface area (Å²) in [6, 6.07) is 18.7. The zero-order valence-electron chi connectivity index (χ0n) is 19.7. The third kappa shape index (κ3) is 5.98. The minimum atomic E-state index is -4.46. The van der Waals surface area contributed by atoms with Crippen LogP contribution in [0.1, 0.15) is 69.1 Å². The Bertz CT molecular complexity index is 915. The summed E-state index contributed by atoms with van der Waals surface area (Å²) in [5.74, 6) is -0.0119. The van der Waals surface area contributed by atoms with E-state index in [0.29, 0.717) is 12.8 Å².